The zero-order valence-corrected chi connectivity index (χ0v) is 14.3. The molecule has 21 heavy (non-hydrogen) atoms. The third kappa shape index (κ3) is 5.41. The van der Waals surface area contributed by atoms with Crippen molar-refractivity contribution in [1.29, 1.82) is 0 Å². The molecule has 1 fully saturated rings. The van der Waals surface area contributed by atoms with Crippen LogP contribution in [0, 0.1) is 0 Å². The van der Waals surface area contributed by atoms with Crippen LogP contribution in [-0.2, 0) is 21.2 Å². The number of carbonyl (C=O) groups is 1. The number of hydrogen-bond acceptors (Lipinski definition) is 4. The van der Waals surface area contributed by atoms with Gasteiger partial charge in [0.1, 0.15) is 0 Å². The Bertz CT molecular complexity index is 601. The van der Waals surface area contributed by atoms with Crippen molar-refractivity contribution in [1.82, 2.24) is 10.2 Å². The molecule has 5 nitrogen and oxygen atoms in total. The highest BCUT2D eigenvalue weighted by Gasteiger charge is 2.28. The molecule has 1 aliphatic rings. The van der Waals surface area contributed by atoms with Crippen LogP contribution in [0.15, 0.2) is 28.7 Å². The minimum atomic E-state index is -2.95. The maximum Gasteiger partial charge on any atom is 0.234 e. The molecule has 1 amide bonds. The van der Waals surface area contributed by atoms with E-state index < -0.39 is 9.84 Å². The first-order valence-electron chi connectivity index (χ1n) is 6.77. The van der Waals surface area contributed by atoms with Gasteiger partial charge in [0.25, 0.3) is 0 Å². The number of rotatable bonds is 5. The third-order valence-electron chi connectivity index (χ3n) is 3.38. The normalized spacial score (nSPS) is 20.6. The summed E-state index contributed by atoms with van der Waals surface area (Å²) in [5, 5.41) is 2.79. The Balaban J connectivity index is 1.78. The van der Waals surface area contributed by atoms with Crippen LogP contribution in [0.2, 0.25) is 0 Å². The van der Waals surface area contributed by atoms with Crippen molar-refractivity contribution in [2.24, 2.45) is 0 Å². The van der Waals surface area contributed by atoms with Crippen molar-refractivity contribution in [3.63, 3.8) is 0 Å². The maximum absolute atomic E-state index is 11.9. The van der Waals surface area contributed by atoms with Crippen molar-refractivity contribution in [3.8, 4) is 0 Å². The molecule has 1 aromatic carbocycles. The van der Waals surface area contributed by atoms with Gasteiger partial charge in [0.2, 0.25) is 5.91 Å². The SMILES string of the molecule is CN(CC(=O)NC1CCS(=O)(=O)C1)Cc1ccc(Br)cc1. The number of hydrogen-bond donors (Lipinski definition) is 1. The molecule has 0 saturated carbocycles. The van der Waals surface area contributed by atoms with Gasteiger partial charge in [0, 0.05) is 17.1 Å². The Kier molecular flexibility index (Phi) is 5.40. The fourth-order valence-electron chi connectivity index (χ4n) is 2.38. The lowest BCUT2D eigenvalue weighted by Crippen LogP contribution is -2.41. The molecular weight excluding hydrogens is 356 g/mol. The molecule has 1 atom stereocenters. The van der Waals surface area contributed by atoms with Gasteiger partial charge in [0.05, 0.1) is 18.1 Å². The van der Waals surface area contributed by atoms with Gasteiger partial charge in [-0.2, -0.15) is 0 Å². The number of halogens is 1. The summed E-state index contributed by atoms with van der Waals surface area (Å²) in [5.74, 6) is 0.110. The lowest BCUT2D eigenvalue weighted by atomic mass is 10.2. The molecule has 116 valence electrons. The topological polar surface area (TPSA) is 66.5 Å². The molecule has 2 rings (SSSR count). The van der Waals surface area contributed by atoms with Crippen molar-refractivity contribution >= 4 is 31.7 Å². The quantitative estimate of drug-likeness (QED) is 0.840. The highest BCUT2D eigenvalue weighted by Crippen LogP contribution is 2.12. The molecule has 0 aromatic heterocycles. The molecule has 1 heterocycles. The highest BCUT2D eigenvalue weighted by molar-refractivity contribution is 9.10. The predicted octanol–water partition coefficient (Wildman–Crippen LogP) is 1.18. The van der Waals surface area contributed by atoms with Crippen LogP contribution in [-0.4, -0.2) is 50.4 Å². The number of nitrogens with zero attached hydrogens (tertiary/aromatic N) is 1. The largest absolute Gasteiger partial charge is 0.351 e. The zero-order valence-electron chi connectivity index (χ0n) is 11.9. The van der Waals surface area contributed by atoms with E-state index in [1.807, 2.05) is 36.2 Å². The van der Waals surface area contributed by atoms with Crippen LogP contribution in [0.3, 0.4) is 0 Å². The Morgan fingerprint density at radius 3 is 2.62 bits per heavy atom. The number of benzene rings is 1. The van der Waals surface area contributed by atoms with E-state index in [0.717, 1.165) is 10.0 Å². The Labute approximate surface area is 133 Å². The van der Waals surface area contributed by atoms with Crippen molar-refractivity contribution in [3.05, 3.63) is 34.3 Å². The lowest BCUT2D eigenvalue weighted by Gasteiger charge is -2.18. The first kappa shape index (κ1) is 16.5. The van der Waals surface area contributed by atoms with Crippen molar-refractivity contribution in [2.75, 3.05) is 25.1 Å². The van der Waals surface area contributed by atoms with Gasteiger partial charge in [-0.1, -0.05) is 28.1 Å². The van der Waals surface area contributed by atoms with Crippen molar-refractivity contribution in [2.45, 2.75) is 19.0 Å². The van der Waals surface area contributed by atoms with Crippen molar-refractivity contribution < 1.29 is 13.2 Å². The fraction of sp³-hybridized carbons (Fsp3) is 0.500. The average molecular weight is 375 g/mol. The van der Waals surface area contributed by atoms with Crippen LogP contribution >= 0.6 is 15.9 Å². The Morgan fingerprint density at radius 1 is 1.38 bits per heavy atom. The molecule has 0 aliphatic carbocycles. The standard InChI is InChI=1S/C14H19BrN2O3S/c1-17(8-11-2-4-12(15)5-3-11)9-14(18)16-13-6-7-21(19,20)10-13/h2-5,13H,6-10H2,1H3,(H,16,18). The smallest absolute Gasteiger partial charge is 0.234 e. The molecule has 1 aliphatic heterocycles. The second kappa shape index (κ2) is 6.89. The monoisotopic (exact) mass is 374 g/mol. The van der Waals surface area contributed by atoms with Gasteiger partial charge >= 0.3 is 0 Å². The third-order valence-corrected chi connectivity index (χ3v) is 5.67. The van der Waals surface area contributed by atoms with Gasteiger partial charge in [-0.25, -0.2) is 8.42 Å². The minimum absolute atomic E-state index is 0.0646. The van der Waals surface area contributed by atoms with Crippen LogP contribution in [0.1, 0.15) is 12.0 Å². The van der Waals surface area contributed by atoms with Gasteiger partial charge < -0.3 is 5.32 Å². The molecule has 0 spiro atoms. The van der Waals surface area contributed by atoms with E-state index in [9.17, 15) is 13.2 Å². The average Bonchev–Trinajstić information content (AvgIpc) is 2.71. The molecule has 1 unspecified atom stereocenters. The van der Waals surface area contributed by atoms with Gasteiger partial charge in [0.15, 0.2) is 9.84 Å². The fourth-order valence-corrected chi connectivity index (χ4v) is 4.32. The zero-order chi connectivity index (χ0) is 15.5. The molecule has 7 heteroatoms. The number of amides is 1. The number of likely N-dealkylation sites (N-methyl/N-ethyl adjacent to an activating group) is 1. The molecule has 0 radical (unpaired) electrons. The Morgan fingerprint density at radius 2 is 2.05 bits per heavy atom. The predicted molar refractivity (Wildman–Crippen MR) is 85.7 cm³/mol. The lowest BCUT2D eigenvalue weighted by molar-refractivity contribution is -0.122. The summed E-state index contributed by atoms with van der Waals surface area (Å²) in [6.07, 6.45) is 0.518. The van der Waals surface area contributed by atoms with E-state index >= 15 is 0 Å². The molecule has 1 aromatic rings. The summed E-state index contributed by atoms with van der Waals surface area (Å²) in [4.78, 5) is 13.8. The van der Waals surface area contributed by atoms with E-state index in [0.29, 0.717) is 13.0 Å². The molecule has 1 N–H and O–H groups in total. The summed E-state index contributed by atoms with van der Waals surface area (Å²) in [5.41, 5.74) is 1.12. The number of carbonyl (C=O) groups excluding carboxylic acids is 1. The highest BCUT2D eigenvalue weighted by atomic mass is 79.9. The Hall–Kier alpha value is -0.920. The van der Waals surface area contributed by atoms with E-state index in [2.05, 4.69) is 21.2 Å². The van der Waals surface area contributed by atoms with Crippen LogP contribution in [0.4, 0.5) is 0 Å². The molecule has 1 saturated heterocycles. The summed E-state index contributed by atoms with van der Waals surface area (Å²) < 4.78 is 23.7. The van der Waals surface area contributed by atoms with Gasteiger partial charge in [-0.15, -0.1) is 0 Å². The van der Waals surface area contributed by atoms with Crippen LogP contribution in [0.25, 0.3) is 0 Å². The van der Waals surface area contributed by atoms with E-state index in [1.165, 1.54) is 0 Å². The van der Waals surface area contributed by atoms with Crippen LogP contribution < -0.4 is 5.32 Å². The maximum atomic E-state index is 11.9. The summed E-state index contributed by atoms with van der Waals surface area (Å²) in [6, 6.07) is 7.70. The van der Waals surface area contributed by atoms with Crippen LogP contribution in [0.5, 0.6) is 0 Å². The molecular formula is C14H19BrN2O3S. The molecule has 0 bridgehead atoms. The number of sulfone groups is 1. The number of nitrogens with one attached hydrogen (secondary N) is 1. The second-order valence-electron chi connectivity index (χ2n) is 5.47. The first-order chi connectivity index (χ1) is 9.84. The van der Waals surface area contributed by atoms with Gasteiger partial charge in [-0.05, 0) is 31.2 Å². The second-order valence-corrected chi connectivity index (χ2v) is 8.61. The minimum Gasteiger partial charge on any atom is -0.351 e. The van der Waals surface area contributed by atoms with Gasteiger partial charge in [-0.3, -0.25) is 9.69 Å². The van der Waals surface area contributed by atoms with E-state index in [4.69, 9.17) is 0 Å². The summed E-state index contributed by atoms with van der Waals surface area (Å²) in [7, 11) is -1.09. The first-order valence-corrected chi connectivity index (χ1v) is 9.38. The summed E-state index contributed by atoms with van der Waals surface area (Å²) in [6.45, 7) is 0.927. The van der Waals surface area contributed by atoms with E-state index in [1.54, 1.807) is 0 Å². The summed E-state index contributed by atoms with van der Waals surface area (Å²) >= 11 is 3.38. The van der Waals surface area contributed by atoms with E-state index in [-0.39, 0.29) is 30.0 Å².